The molecule has 0 spiro atoms. The van der Waals surface area contributed by atoms with Crippen molar-refractivity contribution in [2.75, 3.05) is 0 Å². The fourth-order valence-corrected chi connectivity index (χ4v) is 4.29. The lowest BCUT2D eigenvalue weighted by Gasteiger charge is -2.20. The van der Waals surface area contributed by atoms with E-state index in [1.54, 1.807) is 68.9 Å². The van der Waals surface area contributed by atoms with Gasteiger partial charge in [-0.3, -0.25) is 14.2 Å². The Bertz CT molecular complexity index is 1800. The highest BCUT2D eigenvalue weighted by Gasteiger charge is 2.24. The summed E-state index contributed by atoms with van der Waals surface area (Å²) in [6, 6.07) is 15.7. The van der Waals surface area contributed by atoms with Crippen LogP contribution in [-0.4, -0.2) is 35.6 Å². The summed E-state index contributed by atoms with van der Waals surface area (Å²) in [5, 5.41) is 7.76. The normalized spacial score (nSPS) is 12.2. The molecule has 3 aromatic heterocycles. The molecule has 0 fully saturated rings. The molecular formula is C29H27N7O2. The molecule has 0 saturated carbocycles. The van der Waals surface area contributed by atoms with Gasteiger partial charge in [0.1, 0.15) is 11.4 Å². The molecule has 0 aliphatic heterocycles. The minimum Gasteiger partial charge on any atom is -0.342 e. The highest BCUT2D eigenvalue weighted by Crippen LogP contribution is 2.21. The monoisotopic (exact) mass is 505 g/mol. The van der Waals surface area contributed by atoms with Crippen LogP contribution in [0.2, 0.25) is 0 Å². The predicted molar refractivity (Wildman–Crippen MR) is 146 cm³/mol. The van der Waals surface area contributed by atoms with Crippen molar-refractivity contribution in [1.82, 2.24) is 29.5 Å². The second-order valence-electron chi connectivity index (χ2n) is 9.66. The Balaban J connectivity index is 1.66. The van der Waals surface area contributed by atoms with Crippen LogP contribution in [0.4, 0.5) is 0 Å². The van der Waals surface area contributed by atoms with Crippen LogP contribution in [0.5, 0.6) is 0 Å². The molecule has 1 atom stereocenters. The highest BCUT2D eigenvalue weighted by molar-refractivity contribution is 6.01. The van der Waals surface area contributed by atoms with Gasteiger partial charge in [0.2, 0.25) is 0 Å². The molecule has 5 aromatic rings. The Morgan fingerprint density at radius 2 is 1.87 bits per heavy atom. The number of amides is 1. The zero-order chi connectivity index (χ0) is 27.0. The van der Waals surface area contributed by atoms with Gasteiger partial charge in [-0.15, -0.1) is 0 Å². The quantitative estimate of drug-likeness (QED) is 0.362. The number of aryl methyl sites for hydroxylation is 1. The van der Waals surface area contributed by atoms with E-state index in [9.17, 15) is 9.59 Å². The molecule has 3 N–H and O–H groups in total. The van der Waals surface area contributed by atoms with Crippen LogP contribution < -0.4 is 16.6 Å². The Morgan fingerprint density at radius 1 is 1.11 bits per heavy atom. The van der Waals surface area contributed by atoms with E-state index < -0.39 is 11.6 Å². The Kier molecular flexibility index (Phi) is 6.27. The standard InChI is InChI=1S/C29H27N7O2/c1-18-23(26-31-16-9-17-35(26)34-18)27(37)32-19(2)25-33-22-13-8-10-20(14-15-29(3,4)30)24(22)28(38)36(25)21-11-6-5-7-12-21/h5-13,16-17,19H,30H2,1-4H3,(H,32,37)/t19-/m0/s1. The summed E-state index contributed by atoms with van der Waals surface area (Å²) in [5.41, 5.74) is 8.06. The van der Waals surface area contributed by atoms with E-state index in [4.69, 9.17) is 10.7 Å². The predicted octanol–water partition coefficient (Wildman–Crippen LogP) is 3.32. The molecule has 0 bridgehead atoms. The zero-order valence-corrected chi connectivity index (χ0v) is 21.6. The van der Waals surface area contributed by atoms with Crippen LogP contribution >= 0.6 is 0 Å². The third kappa shape index (κ3) is 4.65. The molecule has 0 radical (unpaired) electrons. The first kappa shape index (κ1) is 24.9. The molecule has 0 aliphatic carbocycles. The van der Waals surface area contributed by atoms with Gasteiger partial charge in [0.15, 0.2) is 5.65 Å². The summed E-state index contributed by atoms with van der Waals surface area (Å²) >= 11 is 0. The second-order valence-corrected chi connectivity index (χ2v) is 9.66. The van der Waals surface area contributed by atoms with E-state index in [2.05, 4.69) is 27.2 Å². The van der Waals surface area contributed by atoms with Crippen LogP contribution in [0.1, 0.15) is 54.3 Å². The first-order chi connectivity index (χ1) is 18.1. The molecule has 5 rings (SSSR count). The Labute approximate surface area is 219 Å². The third-order valence-corrected chi connectivity index (χ3v) is 5.99. The summed E-state index contributed by atoms with van der Waals surface area (Å²) in [6.45, 7) is 7.15. The second kappa shape index (κ2) is 9.57. The van der Waals surface area contributed by atoms with Crippen molar-refractivity contribution in [3.8, 4) is 17.5 Å². The van der Waals surface area contributed by atoms with Crippen LogP contribution in [0, 0.1) is 18.8 Å². The molecule has 0 unspecified atom stereocenters. The highest BCUT2D eigenvalue weighted by atomic mass is 16.2. The summed E-state index contributed by atoms with van der Waals surface area (Å²) in [5.74, 6) is 6.08. The minimum absolute atomic E-state index is 0.286. The molecule has 3 heterocycles. The van der Waals surface area contributed by atoms with Gasteiger partial charge < -0.3 is 11.1 Å². The van der Waals surface area contributed by atoms with Crippen molar-refractivity contribution in [3.05, 3.63) is 100.0 Å². The van der Waals surface area contributed by atoms with Gasteiger partial charge in [0.25, 0.3) is 11.5 Å². The van der Waals surface area contributed by atoms with E-state index in [0.717, 1.165) is 0 Å². The SMILES string of the molecule is Cc1nn2cccnc2c1C(=O)N[C@@H](C)c1nc2cccc(C#CC(C)(C)N)c2c(=O)n1-c1ccccc1. The molecule has 38 heavy (non-hydrogen) atoms. The summed E-state index contributed by atoms with van der Waals surface area (Å²) in [7, 11) is 0. The van der Waals surface area contributed by atoms with Gasteiger partial charge in [-0.25, -0.2) is 14.5 Å². The average molecular weight is 506 g/mol. The van der Waals surface area contributed by atoms with Gasteiger partial charge in [0.05, 0.1) is 33.9 Å². The smallest absolute Gasteiger partial charge is 0.267 e. The van der Waals surface area contributed by atoms with Crippen LogP contribution in [-0.2, 0) is 0 Å². The van der Waals surface area contributed by atoms with Crippen LogP contribution in [0.3, 0.4) is 0 Å². The fourth-order valence-electron chi connectivity index (χ4n) is 4.29. The van der Waals surface area contributed by atoms with E-state index >= 15 is 0 Å². The summed E-state index contributed by atoms with van der Waals surface area (Å²) < 4.78 is 3.08. The number of nitrogens with two attached hydrogens (primary N) is 1. The molecule has 9 nitrogen and oxygen atoms in total. The zero-order valence-electron chi connectivity index (χ0n) is 21.6. The molecule has 2 aromatic carbocycles. The number of para-hydroxylation sites is 1. The van der Waals surface area contributed by atoms with Gasteiger partial charge in [-0.05, 0) is 58.0 Å². The lowest BCUT2D eigenvalue weighted by Crippen LogP contribution is -2.33. The van der Waals surface area contributed by atoms with Crippen molar-refractivity contribution in [2.24, 2.45) is 5.73 Å². The van der Waals surface area contributed by atoms with Crippen molar-refractivity contribution in [1.29, 1.82) is 0 Å². The van der Waals surface area contributed by atoms with Gasteiger partial charge >= 0.3 is 0 Å². The van der Waals surface area contributed by atoms with Crippen molar-refractivity contribution in [2.45, 2.75) is 39.3 Å². The molecule has 1 amide bonds. The third-order valence-electron chi connectivity index (χ3n) is 5.99. The van der Waals surface area contributed by atoms with Crippen molar-refractivity contribution >= 4 is 22.5 Å². The number of nitrogens with one attached hydrogen (secondary N) is 1. The maximum atomic E-state index is 14.0. The van der Waals surface area contributed by atoms with E-state index in [0.29, 0.717) is 44.9 Å². The molecular weight excluding hydrogens is 478 g/mol. The van der Waals surface area contributed by atoms with Crippen molar-refractivity contribution < 1.29 is 4.79 Å². The number of rotatable bonds is 4. The van der Waals surface area contributed by atoms with E-state index in [-0.39, 0.29) is 11.5 Å². The molecule has 0 saturated heterocycles. The number of fused-ring (bicyclic) bond motifs is 2. The van der Waals surface area contributed by atoms with Gasteiger partial charge in [-0.1, -0.05) is 36.1 Å². The maximum Gasteiger partial charge on any atom is 0.267 e. The van der Waals surface area contributed by atoms with E-state index in [1.165, 1.54) is 4.57 Å². The molecule has 190 valence electrons. The molecule has 9 heteroatoms. The van der Waals surface area contributed by atoms with Crippen LogP contribution in [0.25, 0.3) is 22.2 Å². The Morgan fingerprint density at radius 3 is 2.61 bits per heavy atom. The first-order valence-electron chi connectivity index (χ1n) is 12.2. The lowest BCUT2D eigenvalue weighted by atomic mass is 10.1. The first-order valence-corrected chi connectivity index (χ1v) is 12.2. The number of hydrogen-bond donors (Lipinski definition) is 2. The maximum absolute atomic E-state index is 14.0. The topological polar surface area (TPSA) is 120 Å². The average Bonchev–Trinajstić information content (AvgIpc) is 3.23. The van der Waals surface area contributed by atoms with Gasteiger partial charge in [0, 0.05) is 18.0 Å². The number of nitrogens with zero attached hydrogens (tertiary/aromatic N) is 5. The van der Waals surface area contributed by atoms with Crippen molar-refractivity contribution in [3.63, 3.8) is 0 Å². The number of aromatic nitrogens is 5. The molecule has 0 aliphatic rings. The summed E-state index contributed by atoms with van der Waals surface area (Å²) in [6.07, 6.45) is 3.35. The summed E-state index contributed by atoms with van der Waals surface area (Å²) in [4.78, 5) is 36.6. The fraction of sp³-hybridized carbons (Fsp3) is 0.207. The van der Waals surface area contributed by atoms with Gasteiger partial charge in [-0.2, -0.15) is 5.10 Å². The minimum atomic E-state index is -0.724. The lowest BCUT2D eigenvalue weighted by molar-refractivity contribution is 0.0938. The van der Waals surface area contributed by atoms with Crippen LogP contribution in [0.15, 0.2) is 71.8 Å². The number of hydrogen-bond acceptors (Lipinski definition) is 6. The Hall–Kier alpha value is -4.81. The number of carbonyl (C=O) groups is 1. The number of benzene rings is 2. The largest absolute Gasteiger partial charge is 0.342 e. The van der Waals surface area contributed by atoms with E-state index in [1.807, 2.05) is 30.3 Å². The number of carbonyl (C=O) groups excluding carboxylic acids is 1.